The van der Waals surface area contributed by atoms with Gasteiger partial charge in [-0.1, -0.05) is 6.92 Å². The Kier molecular flexibility index (Phi) is 4.39. The average Bonchev–Trinajstić information content (AvgIpc) is 3.45. The molecule has 0 radical (unpaired) electrons. The number of halogens is 3. The molecule has 0 unspecified atom stereocenters. The van der Waals surface area contributed by atoms with E-state index in [1.54, 1.807) is 20.0 Å². The Morgan fingerprint density at radius 3 is 2.57 bits per heavy atom. The van der Waals surface area contributed by atoms with Crippen LogP contribution in [0.4, 0.5) is 13.2 Å². The van der Waals surface area contributed by atoms with Crippen molar-refractivity contribution in [2.24, 2.45) is 7.05 Å². The Morgan fingerprint density at radius 1 is 1.30 bits per heavy atom. The standard InChI is InChI=1S/C19H17F3N6OS/c1-3-30(24,29)14-6-11(18(10-23)4-5-18)8-26-16(14)17-27-12-7-15(19(20,21)22)25-9-13(12)28(17)2/h6-9,24H,3-5H2,1-2H3/t30-/m0/s1. The largest absolute Gasteiger partial charge is 0.433 e. The van der Waals surface area contributed by atoms with Crippen LogP contribution in [0.2, 0.25) is 0 Å². The maximum absolute atomic E-state index is 13.0. The number of nitriles is 1. The van der Waals surface area contributed by atoms with Crippen molar-refractivity contribution in [3.63, 3.8) is 0 Å². The summed E-state index contributed by atoms with van der Waals surface area (Å²) >= 11 is 0. The van der Waals surface area contributed by atoms with Crippen LogP contribution < -0.4 is 0 Å². The molecule has 3 aromatic rings. The molecule has 1 aliphatic rings. The van der Waals surface area contributed by atoms with E-state index in [2.05, 4.69) is 21.0 Å². The van der Waals surface area contributed by atoms with Crippen LogP contribution in [0, 0.1) is 16.1 Å². The second kappa shape index (κ2) is 6.50. The van der Waals surface area contributed by atoms with Gasteiger partial charge in [-0.25, -0.2) is 19.0 Å². The van der Waals surface area contributed by atoms with E-state index in [0.717, 1.165) is 12.3 Å². The molecule has 0 spiro atoms. The molecule has 4 rings (SSSR count). The van der Waals surface area contributed by atoms with Gasteiger partial charge >= 0.3 is 6.18 Å². The highest BCUT2D eigenvalue weighted by molar-refractivity contribution is 7.92. The summed E-state index contributed by atoms with van der Waals surface area (Å²) < 4.78 is 61.8. The fourth-order valence-corrected chi connectivity index (χ4v) is 4.41. The van der Waals surface area contributed by atoms with E-state index in [0.29, 0.717) is 23.9 Å². The van der Waals surface area contributed by atoms with Crippen LogP contribution in [-0.2, 0) is 28.4 Å². The number of aromatic nitrogens is 4. The number of imidazole rings is 1. The molecule has 1 atom stereocenters. The predicted octanol–water partition coefficient (Wildman–Crippen LogP) is 4.03. The smallest absolute Gasteiger partial charge is 0.325 e. The number of alkyl halides is 3. The van der Waals surface area contributed by atoms with Gasteiger partial charge in [0, 0.05) is 19.0 Å². The first-order valence-electron chi connectivity index (χ1n) is 9.11. The molecule has 0 aromatic carbocycles. The highest BCUT2D eigenvalue weighted by atomic mass is 32.2. The van der Waals surface area contributed by atoms with Crippen molar-refractivity contribution >= 4 is 20.8 Å². The minimum atomic E-state index is -4.61. The van der Waals surface area contributed by atoms with Crippen LogP contribution in [0.3, 0.4) is 0 Å². The summed E-state index contributed by atoms with van der Waals surface area (Å²) in [7, 11) is -1.66. The number of hydrogen-bond acceptors (Lipinski definition) is 6. The molecule has 30 heavy (non-hydrogen) atoms. The minimum Gasteiger partial charge on any atom is -0.325 e. The van der Waals surface area contributed by atoms with Crippen molar-refractivity contribution in [1.29, 1.82) is 10.0 Å². The summed E-state index contributed by atoms with van der Waals surface area (Å²) in [6.45, 7) is 1.61. The number of pyridine rings is 2. The van der Waals surface area contributed by atoms with Crippen molar-refractivity contribution in [2.75, 3.05) is 5.75 Å². The van der Waals surface area contributed by atoms with Gasteiger partial charge in [-0.15, -0.1) is 0 Å². The molecule has 1 N–H and O–H groups in total. The zero-order valence-electron chi connectivity index (χ0n) is 16.1. The first-order chi connectivity index (χ1) is 14.0. The quantitative estimate of drug-likeness (QED) is 0.667. The number of nitrogens with one attached hydrogen (secondary N) is 1. The lowest BCUT2D eigenvalue weighted by molar-refractivity contribution is -0.141. The van der Waals surface area contributed by atoms with Crippen LogP contribution in [0.5, 0.6) is 0 Å². The number of fused-ring (bicyclic) bond motifs is 1. The third kappa shape index (κ3) is 3.11. The van der Waals surface area contributed by atoms with Crippen molar-refractivity contribution in [2.45, 2.75) is 36.3 Å². The zero-order chi connectivity index (χ0) is 21.9. The van der Waals surface area contributed by atoms with Crippen molar-refractivity contribution in [1.82, 2.24) is 19.5 Å². The molecule has 0 bridgehead atoms. The van der Waals surface area contributed by atoms with E-state index in [1.807, 2.05) is 0 Å². The Balaban J connectivity index is 1.95. The van der Waals surface area contributed by atoms with Crippen molar-refractivity contribution < 1.29 is 17.4 Å². The van der Waals surface area contributed by atoms with Gasteiger partial charge in [0.1, 0.15) is 11.4 Å². The zero-order valence-corrected chi connectivity index (χ0v) is 16.9. The second-order valence-electron chi connectivity index (χ2n) is 7.28. The summed E-state index contributed by atoms with van der Waals surface area (Å²) in [6, 6.07) is 4.66. The summed E-state index contributed by atoms with van der Waals surface area (Å²) in [5.74, 6) is 0.205. The maximum atomic E-state index is 13.0. The highest BCUT2D eigenvalue weighted by Crippen LogP contribution is 2.48. The number of aryl methyl sites for hydroxylation is 1. The molecule has 1 aliphatic carbocycles. The van der Waals surface area contributed by atoms with Gasteiger partial charge in [0.2, 0.25) is 0 Å². The topological polar surface area (TPSA) is 108 Å². The molecule has 0 saturated heterocycles. The molecule has 1 saturated carbocycles. The van der Waals surface area contributed by atoms with Gasteiger partial charge in [0.15, 0.2) is 5.82 Å². The van der Waals surface area contributed by atoms with Gasteiger partial charge in [-0.3, -0.25) is 4.98 Å². The molecular formula is C19H17F3N6OS. The monoisotopic (exact) mass is 434 g/mol. The number of nitrogens with zero attached hydrogens (tertiary/aromatic N) is 5. The summed E-state index contributed by atoms with van der Waals surface area (Å²) in [5.41, 5.74) is -0.584. The lowest BCUT2D eigenvalue weighted by atomic mass is 9.99. The normalized spacial score (nSPS) is 17.5. The van der Waals surface area contributed by atoms with Crippen LogP contribution >= 0.6 is 0 Å². The van der Waals surface area contributed by atoms with Crippen molar-refractivity contribution in [3.05, 3.63) is 35.8 Å². The van der Waals surface area contributed by atoms with Crippen molar-refractivity contribution in [3.8, 4) is 17.6 Å². The molecule has 156 valence electrons. The molecule has 0 amide bonds. The van der Waals surface area contributed by atoms with Gasteiger partial charge in [-0.2, -0.15) is 18.4 Å². The third-order valence-electron chi connectivity index (χ3n) is 5.40. The third-order valence-corrected chi connectivity index (χ3v) is 7.24. The van der Waals surface area contributed by atoms with Gasteiger partial charge in [0.25, 0.3) is 0 Å². The lowest BCUT2D eigenvalue weighted by Crippen LogP contribution is -2.11. The van der Waals surface area contributed by atoms with Crippen LogP contribution in [-0.4, -0.2) is 29.5 Å². The molecule has 11 heteroatoms. The van der Waals surface area contributed by atoms with Gasteiger partial charge in [-0.05, 0) is 30.5 Å². The molecule has 1 fully saturated rings. The molecule has 3 aromatic heterocycles. The second-order valence-corrected chi connectivity index (χ2v) is 9.65. The minimum absolute atomic E-state index is 0.0222. The molecule has 3 heterocycles. The van der Waals surface area contributed by atoms with E-state index >= 15 is 0 Å². The number of hydrogen-bond donors (Lipinski definition) is 1. The lowest BCUT2D eigenvalue weighted by Gasteiger charge is -2.14. The SMILES string of the molecule is CC[S@](=N)(=O)c1cc(C2(C#N)CC2)cnc1-c1nc2cc(C(F)(F)F)ncc2n1C. The average molecular weight is 434 g/mol. The summed E-state index contributed by atoms with van der Waals surface area (Å²) in [6.07, 6.45) is -0.709. The first-order valence-corrected chi connectivity index (χ1v) is 10.8. The maximum Gasteiger partial charge on any atom is 0.433 e. The summed E-state index contributed by atoms with van der Waals surface area (Å²) in [5, 5.41) is 9.47. The Hall–Kier alpha value is -3.00. The predicted molar refractivity (Wildman–Crippen MR) is 103 cm³/mol. The summed E-state index contributed by atoms with van der Waals surface area (Å²) in [4.78, 5) is 12.2. The number of rotatable bonds is 4. The van der Waals surface area contributed by atoms with Crippen LogP contribution in [0.25, 0.3) is 22.6 Å². The van der Waals surface area contributed by atoms with Gasteiger partial charge in [0.05, 0.1) is 43.3 Å². The first kappa shape index (κ1) is 20.3. The van der Waals surface area contributed by atoms with E-state index in [9.17, 15) is 22.6 Å². The van der Waals surface area contributed by atoms with Crippen LogP contribution in [0.15, 0.2) is 29.4 Å². The Morgan fingerprint density at radius 2 is 2.00 bits per heavy atom. The van der Waals surface area contributed by atoms with Gasteiger partial charge < -0.3 is 4.57 Å². The van der Waals surface area contributed by atoms with E-state index in [1.165, 1.54) is 10.8 Å². The molecular weight excluding hydrogens is 417 g/mol. The Labute approximate surface area is 170 Å². The molecule has 7 nitrogen and oxygen atoms in total. The van der Waals surface area contributed by atoms with E-state index in [-0.39, 0.29) is 27.7 Å². The van der Waals surface area contributed by atoms with E-state index in [4.69, 9.17) is 4.78 Å². The Bertz CT molecular complexity index is 1320. The van der Waals surface area contributed by atoms with Crippen LogP contribution in [0.1, 0.15) is 31.0 Å². The van der Waals surface area contributed by atoms with E-state index < -0.39 is 27.0 Å². The molecule has 0 aliphatic heterocycles. The fourth-order valence-electron chi connectivity index (χ4n) is 3.33. The fraction of sp³-hybridized carbons (Fsp3) is 0.368. The highest BCUT2D eigenvalue weighted by Gasteiger charge is 2.46.